The summed E-state index contributed by atoms with van der Waals surface area (Å²) in [5, 5.41) is 0. The molecule has 2 aromatic carbocycles. The van der Waals surface area contributed by atoms with E-state index in [0.29, 0.717) is 6.42 Å². The summed E-state index contributed by atoms with van der Waals surface area (Å²) in [7, 11) is 5.75. The Labute approximate surface area is 168 Å². The number of anilines is 1. The van der Waals surface area contributed by atoms with E-state index in [0.717, 1.165) is 39.2 Å². The number of allylic oxidation sites excluding steroid dienone is 5. The zero-order chi connectivity index (χ0) is 19.8. The lowest BCUT2D eigenvalue weighted by Crippen LogP contribution is -2.07. The van der Waals surface area contributed by atoms with E-state index in [1.54, 1.807) is 7.11 Å². The lowest BCUT2D eigenvalue weighted by Gasteiger charge is -2.12. The molecule has 0 unspecified atom stereocenters. The van der Waals surface area contributed by atoms with Crippen molar-refractivity contribution in [3.05, 3.63) is 82.8 Å². The zero-order valence-corrected chi connectivity index (χ0v) is 16.7. The quantitative estimate of drug-likeness (QED) is 0.676. The second kappa shape index (κ2) is 7.16. The molecule has 0 amide bonds. The maximum Gasteiger partial charge on any atom is 0.163 e. The third-order valence-corrected chi connectivity index (χ3v) is 5.41. The van der Waals surface area contributed by atoms with E-state index in [-0.39, 0.29) is 7.21 Å². The van der Waals surface area contributed by atoms with Crippen LogP contribution in [-0.2, 0) is 4.79 Å². The molecule has 0 heterocycles. The lowest BCUT2D eigenvalue weighted by molar-refractivity contribution is -0.114. The Hall–Kier alpha value is -3.07. The molecule has 2 aliphatic carbocycles. The number of carbonyl (C=O) groups is 1. The second-order valence-corrected chi connectivity index (χ2v) is 7.45. The number of benzene rings is 2. The van der Waals surface area contributed by atoms with Crippen LogP contribution in [0.5, 0.6) is 5.75 Å². The van der Waals surface area contributed by atoms with Crippen LogP contribution in [0.3, 0.4) is 0 Å². The number of ketones is 1. The number of hydrogen-bond acceptors (Lipinski definition) is 3. The minimum atomic E-state index is 0. The number of fused-ring (bicyclic) bond motifs is 1. The average molecular weight is 372 g/mol. The summed E-state index contributed by atoms with van der Waals surface area (Å²) in [5.41, 5.74) is 8.84. The molecule has 3 heteroatoms. The highest BCUT2D eigenvalue weighted by molar-refractivity contribution is 6.13. The van der Waals surface area contributed by atoms with Gasteiger partial charge >= 0.3 is 0 Å². The minimum Gasteiger partial charge on any atom is -0.497 e. The van der Waals surface area contributed by atoms with Crippen LogP contribution in [0.4, 0.5) is 5.69 Å². The molecule has 0 N–H and O–H groups in total. The van der Waals surface area contributed by atoms with Crippen LogP contribution in [0, 0.1) is 6.42 Å². The van der Waals surface area contributed by atoms with Crippen LogP contribution in [0.2, 0.25) is 0 Å². The second-order valence-electron chi connectivity index (χ2n) is 7.45. The third-order valence-electron chi connectivity index (χ3n) is 5.41. The van der Waals surface area contributed by atoms with Gasteiger partial charge < -0.3 is 9.64 Å². The van der Waals surface area contributed by atoms with E-state index in [4.69, 9.17) is 4.74 Å². The van der Waals surface area contributed by atoms with Crippen molar-refractivity contribution in [2.75, 3.05) is 26.1 Å². The van der Waals surface area contributed by atoms with E-state index in [9.17, 15) is 4.79 Å². The third kappa shape index (κ3) is 3.40. The van der Waals surface area contributed by atoms with Gasteiger partial charge in [0.15, 0.2) is 5.78 Å². The first kappa shape index (κ1) is 18.3. The zero-order valence-electron chi connectivity index (χ0n) is 16.7. The molecule has 0 aliphatic heterocycles. The number of carbonyl (C=O) groups excluding carboxylic acids is 1. The van der Waals surface area contributed by atoms with Gasteiger partial charge in [-0.1, -0.05) is 24.3 Å². The molecule has 0 spiro atoms. The first-order chi connectivity index (χ1) is 13.5. The molecule has 0 atom stereocenters. The Morgan fingerprint density at radius 2 is 1.82 bits per heavy atom. The molecule has 0 saturated heterocycles. The molecule has 28 heavy (non-hydrogen) atoms. The van der Waals surface area contributed by atoms with Gasteiger partial charge in [0.05, 0.1) is 7.11 Å². The van der Waals surface area contributed by atoms with Gasteiger partial charge in [-0.3, -0.25) is 4.79 Å². The summed E-state index contributed by atoms with van der Waals surface area (Å²) in [5.74, 6) is 0.991. The summed E-state index contributed by atoms with van der Waals surface area (Å²) in [6, 6.07) is 14.6. The van der Waals surface area contributed by atoms with Crippen molar-refractivity contribution in [1.29, 1.82) is 0 Å². The highest BCUT2D eigenvalue weighted by Crippen LogP contribution is 2.45. The number of nitrogens with zero attached hydrogens (tertiary/aromatic N) is 1. The predicted molar refractivity (Wildman–Crippen MR) is 118 cm³/mol. The molecular formula is C25H26NO2. The fourth-order valence-electron chi connectivity index (χ4n) is 3.64. The first-order valence-corrected chi connectivity index (χ1v) is 9.44. The van der Waals surface area contributed by atoms with E-state index in [1.165, 1.54) is 11.3 Å². The van der Waals surface area contributed by atoms with Crippen molar-refractivity contribution in [1.82, 2.24) is 0 Å². The lowest BCUT2D eigenvalue weighted by atomic mass is 9.99. The standard InChI is InChI=1S/C25H24NO2.H2/c1-16-22(13-17-5-9-19(10-6-17)26(2)3)21-12-11-20(28-4)14-24(21)23(16)15-25(27)18-7-8-18;/h5-14H,15H2,1-4H3;1H/b22-13-;. The van der Waals surface area contributed by atoms with Crippen LogP contribution >= 0.6 is 0 Å². The molecule has 143 valence electrons. The van der Waals surface area contributed by atoms with Crippen molar-refractivity contribution in [3.63, 3.8) is 0 Å². The monoisotopic (exact) mass is 372 g/mol. The highest BCUT2D eigenvalue weighted by Gasteiger charge is 2.28. The van der Waals surface area contributed by atoms with Crippen molar-refractivity contribution in [3.8, 4) is 5.75 Å². The van der Waals surface area contributed by atoms with Crippen LogP contribution in [0.25, 0.3) is 17.2 Å². The maximum atomic E-state index is 12.4. The van der Waals surface area contributed by atoms with Crippen LogP contribution in [0.1, 0.15) is 31.5 Å². The molecule has 0 aromatic heterocycles. The summed E-state index contributed by atoms with van der Waals surface area (Å²) in [6.07, 6.45) is 6.39. The topological polar surface area (TPSA) is 29.5 Å². The number of ether oxygens (including phenoxy) is 1. The molecular weight excluding hydrogens is 346 g/mol. The number of Topliss-reactive ketones (excluding diaryl/α,β-unsaturated/α-hetero) is 1. The van der Waals surface area contributed by atoms with E-state index in [1.807, 2.05) is 38.7 Å². The molecule has 0 saturated carbocycles. The molecule has 1 radical (unpaired) electrons. The van der Waals surface area contributed by atoms with Gasteiger partial charge in [-0.15, -0.1) is 0 Å². The van der Waals surface area contributed by atoms with Crippen molar-refractivity contribution in [2.24, 2.45) is 0 Å². The molecule has 2 aliphatic rings. The molecule has 0 bridgehead atoms. The van der Waals surface area contributed by atoms with Crippen molar-refractivity contribution < 1.29 is 11.0 Å². The fourth-order valence-corrected chi connectivity index (χ4v) is 3.64. The van der Waals surface area contributed by atoms with E-state index < -0.39 is 0 Å². The number of hydrogen-bond donors (Lipinski definition) is 0. The van der Waals surface area contributed by atoms with Gasteiger partial charge in [0.2, 0.25) is 0 Å². The fraction of sp³-hybridized carbons (Fsp3) is 0.200. The number of rotatable bonds is 6. The molecule has 2 aromatic rings. The van der Waals surface area contributed by atoms with Gasteiger partial charge in [-0.2, -0.15) is 0 Å². The Morgan fingerprint density at radius 3 is 2.43 bits per heavy atom. The Morgan fingerprint density at radius 1 is 1.11 bits per heavy atom. The van der Waals surface area contributed by atoms with Gasteiger partial charge in [0, 0.05) is 34.1 Å². The Kier molecular flexibility index (Phi) is 4.68. The molecule has 3 nitrogen and oxygen atoms in total. The molecule has 4 rings (SSSR count). The van der Waals surface area contributed by atoms with Crippen LogP contribution in [0.15, 0.2) is 59.7 Å². The normalized spacial score (nSPS) is 16.1. The van der Waals surface area contributed by atoms with Crippen LogP contribution < -0.4 is 9.64 Å². The van der Waals surface area contributed by atoms with Gasteiger partial charge in [-0.25, -0.2) is 0 Å². The Bertz CT molecular complexity index is 1040. The van der Waals surface area contributed by atoms with E-state index in [2.05, 4.69) is 48.2 Å². The predicted octanol–water partition coefficient (Wildman–Crippen LogP) is 5.44. The summed E-state index contributed by atoms with van der Waals surface area (Å²) < 4.78 is 5.43. The number of methoxy groups -OCH3 is 1. The molecule has 0 fully saturated rings. The van der Waals surface area contributed by atoms with Gasteiger partial charge in [0.25, 0.3) is 0 Å². The van der Waals surface area contributed by atoms with Crippen molar-refractivity contribution >= 4 is 28.7 Å². The van der Waals surface area contributed by atoms with Gasteiger partial charge in [0.1, 0.15) is 5.75 Å². The average Bonchev–Trinajstić information content (AvgIpc) is 3.52. The van der Waals surface area contributed by atoms with E-state index >= 15 is 0 Å². The smallest absolute Gasteiger partial charge is 0.163 e. The van der Waals surface area contributed by atoms with Gasteiger partial charge in [-0.05, 0) is 76.2 Å². The van der Waals surface area contributed by atoms with Crippen molar-refractivity contribution in [2.45, 2.75) is 13.3 Å². The summed E-state index contributed by atoms with van der Waals surface area (Å²) in [6.45, 7) is 2.11. The Balaban J connectivity index is 0.00000240. The summed E-state index contributed by atoms with van der Waals surface area (Å²) >= 11 is 0. The van der Waals surface area contributed by atoms with Crippen LogP contribution in [-0.4, -0.2) is 27.0 Å². The largest absolute Gasteiger partial charge is 0.497 e. The maximum absolute atomic E-state index is 12.4. The minimum absolute atomic E-state index is 0. The first-order valence-electron chi connectivity index (χ1n) is 9.44. The SMILES string of the molecule is COc1ccc2c(c1)C(CC(=O)C1=C[CH]1)=C(C)/C2=C/c1ccc(N(C)C)cc1.[HH]. The highest BCUT2D eigenvalue weighted by atomic mass is 16.5. The summed E-state index contributed by atoms with van der Waals surface area (Å²) in [4.78, 5) is 14.5.